The molecule has 0 aromatic carbocycles. The Bertz CT molecular complexity index is 629. The molecule has 0 N–H and O–H groups in total. The molecule has 0 atom stereocenters. The fourth-order valence-corrected chi connectivity index (χ4v) is 3.77. The van der Waals surface area contributed by atoms with Gasteiger partial charge in [-0.2, -0.15) is 0 Å². The Morgan fingerprint density at radius 3 is 1.32 bits per heavy atom. The molecule has 0 spiro atoms. The van der Waals surface area contributed by atoms with E-state index in [9.17, 15) is 0 Å². The minimum absolute atomic E-state index is 1.15. The van der Waals surface area contributed by atoms with Gasteiger partial charge < -0.3 is 0 Å². The summed E-state index contributed by atoms with van der Waals surface area (Å²) in [6.45, 7) is 2.30. The molecule has 22 heavy (non-hydrogen) atoms. The molecule has 0 saturated heterocycles. The number of hydrogen-bond acceptors (Lipinski definition) is 0. The van der Waals surface area contributed by atoms with Crippen molar-refractivity contribution in [2.75, 3.05) is 0 Å². The Hall–Kier alpha value is -0.203. The molecule has 2 heterocycles. The second-order valence-corrected chi connectivity index (χ2v) is 7.84. The van der Waals surface area contributed by atoms with Crippen LogP contribution in [0.15, 0.2) is 24.8 Å². The first-order valence-corrected chi connectivity index (χ1v) is 10.2. The summed E-state index contributed by atoms with van der Waals surface area (Å²) in [5.74, 6) is 0. The van der Waals surface area contributed by atoms with Crippen LogP contribution in [-0.4, -0.2) is 18.3 Å². The summed E-state index contributed by atoms with van der Waals surface area (Å²) < 4.78 is 11.7. The van der Waals surface area contributed by atoms with Gasteiger partial charge in [0.05, 0.1) is 0 Å². The standard InChI is InChI=1S/C16H26N4.2Pt/c1-17-11-13-19(15-17)9-7-5-3-4-6-8-10-20-14-12-18(2)16-20;;/h11-14H,3-10H2,1-2H3;;. The summed E-state index contributed by atoms with van der Waals surface area (Å²) in [6.07, 6.45) is 16.6. The Morgan fingerprint density at radius 1 is 0.636 bits per heavy atom. The summed E-state index contributed by atoms with van der Waals surface area (Å²) in [5, 5.41) is 0. The molecule has 6 heteroatoms. The molecular formula is C16H26N4Pt2. The zero-order chi connectivity index (χ0) is 15.9. The van der Waals surface area contributed by atoms with Crippen molar-refractivity contribution < 1.29 is 38.7 Å². The zero-order valence-corrected chi connectivity index (χ0v) is 17.9. The molecule has 2 aromatic rings. The monoisotopic (exact) mass is 664 g/mol. The van der Waals surface area contributed by atoms with Gasteiger partial charge in [-0.3, -0.25) is 0 Å². The van der Waals surface area contributed by atoms with E-state index in [0.29, 0.717) is 0 Å². The number of aromatic nitrogens is 4. The van der Waals surface area contributed by atoms with E-state index >= 15 is 0 Å². The maximum absolute atomic E-state index is 2.39. The van der Waals surface area contributed by atoms with E-state index in [1.807, 2.05) is 0 Å². The quantitative estimate of drug-likeness (QED) is 0.368. The molecule has 130 valence electrons. The van der Waals surface area contributed by atoms with Gasteiger partial charge in [-0.15, -0.1) is 0 Å². The summed E-state index contributed by atoms with van der Waals surface area (Å²) in [6, 6.07) is 0. The van der Waals surface area contributed by atoms with Gasteiger partial charge in [-0.25, -0.2) is 0 Å². The van der Waals surface area contributed by atoms with Crippen molar-refractivity contribution in [2.45, 2.75) is 51.6 Å². The van der Waals surface area contributed by atoms with E-state index < -0.39 is 0 Å². The van der Waals surface area contributed by atoms with Crippen molar-refractivity contribution in [1.82, 2.24) is 18.3 Å². The van der Waals surface area contributed by atoms with Gasteiger partial charge in [-0.1, -0.05) is 0 Å². The summed E-state index contributed by atoms with van der Waals surface area (Å²) in [7, 11) is 4.20. The average Bonchev–Trinajstić information content (AvgIpc) is 2.99. The molecule has 0 fully saturated rings. The van der Waals surface area contributed by atoms with Gasteiger partial charge in [0.25, 0.3) is 0 Å². The van der Waals surface area contributed by atoms with Gasteiger partial charge in [0.2, 0.25) is 0 Å². The first kappa shape index (κ1) is 18.1. The van der Waals surface area contributed by atoms with Crippen molar-refractivity contribution >= 4 is 0 Å². The van der Waals surface area contributed by atoms with Crippen LogP contribution in [-0.2, 0) is 65.9 Å². The van der Waals surface area contributed by atoms with Crippen LogP contribution in [0.1, 0.15) is 38.5 Å². The van der Waals surface area contributed by atoms with Gasteiger partial charge in [0.1, 0.15) is 0 Å². The van der Waals surface area contributed by atoms with Gasteiger partial charge >= 0.3 is 155 Å². The molecule has 0 saturated carbocycles. The molecule has 0 amide bonds. The first-order valence-electron chi connectivity index (χ1n) is 7.94. The van der Waals surface area contributed by atoms with Crippen molar-refractivity contribution in [3.63, 3.8) is 0 Å². The van der Waals surface area contributed by atoms with Crippen LogP contribution in [0.3, 0.4) is 0 Å². The van der Waals surface area contributed by atoms with Gasteiger partial charge in [-0.05, 0) is 0 Å². The van der Waals surface area contributed by atoms with E-state index in [2.05, 4.69) is 95.9 Å². The number of nitrogens with zero attached hydrogens (tertiary/aromatic N) is 4. The van der Waals surface area contributed by atoms with Crippen LogP contribution in [0.2, 0.25) is 0 Å². The predicted molar refractivity (Wildman–Crippen MR) is 81.0 cm³/mol. The van der Waals surface area contributed by atoms with Crippen molar-refractivity contribution in [1.29, 1.82) is 0 Å². The average molecular weight is 665 g/mol. The number of aryl methyl sites for hydroxylation is 4. The molecular weight excluding hydrogens is 638 g/mol. The van der Waals surface area contributed by atoms with Gasteiger partial charge in [0.15, 0.2) is 0 Å². The number of imidazole rings is 2. The first-order chi connectivity index (χ1) is 10.6. The molecule has 0 aliphatic rings. The predicted octanol–water partition coefficient (Wildman–Crippen LogP) is 3.16. The summed E-state index contributed by atoms with van der Waals surface area (Å²) >= 11 is 4.79. The Labute approximate surface area is 154 Å². The molecule has 0 radical (unpaired) electrons. The molecule has 4 nitrogen and oxygen atoms in total. The molecule has 2 rings (SSSR count). The van der Waals surface area contributed by atoms with Gasteiger partial charge in [0, 0.05) is 0 Å². The summed E-state index contributed by atoms with van der Waals surface area (Å²) in [4.78, 5) is 0. The third-order valence-electron chi connectivity index (χ3n) is 3.97. The fourth-order valence-electron chi connectivity index (χ4n) is 2.58. The van der Waals surface area contributed by atoms with Crippen molar-refractivity contribution in [2.24, 2.45) is 14.1 Å². The van der Waals surface area contributed by atoms with Crippen LogP contribution in [0, 0.1) is 7.61 Å². The molecule has 2 aromatic heterocycles. The van der Waals surface area contributed by atoms with Crippen LogP contribution >= 0.6 is 0 Å². The molecule has 0 aliphatic carbocycles. The molecule has 0 aliphatic heterocycles. The Kier molecular flexibility index (Phi) is 7.57. The second-order valence-electron chi connectivity index (χ2n) is 5.81. The minimum atomic E-state index is 1.15. The third-order valence-corrected chi connectivity index (χ3v) is 6.87. The Morgan fingerprint density at radius 2 is 1.00 bits per heavy atom. The number of hydrogen-bond donors (Lipinski definition) is 0. The van der Waals surface area contributed by atoms with E-state index in [4.69, 9.17) is 0 Å². The molecule has 0 unspecified atom stereocenters. The van der Waals surface area contributed by atoms with Crippen molar-refractivity contribution in [3.05, 3.63) is 32.4 Å². The van der Waals surface area contributed by atoms with E-state index in [-0.39, 0.29) is 0 Å². The van der Waals surface area contributed by atoms with E-state index in [1.54, 1.807) is 0 Å². The number of unbranched alkanes of at least 4 members (excludes halogenated alkanes) is 5. The van der Waals surface area contributed by atoms with Crippen LogP contribution < -0.4 is 0 Å². The van der Waals surface area contributed by atoms with Crippen LogP contribution in [0.25, 0.3) is 0 Å². The fraction of sp³-hybridized carbons (Fsp3) is 0.625. The molecule has 0 bridgehead atoms. The third kappa shape index (κ3) is 5.17. The zero-order valence-electron chi connectivity index (χ0n) is 13.4. The SMILES string of the molecule is Cn1ccn(CCCCCCCCn2ccn(C)[c]2=[Pt])[c]1=[Pt]. The van der Waals surface area contributed by atoms with Crippen LogP contribution in [0.5, 0.6) is 0 Å². The Balaban J connectivity index is 1.53. The van der Waals surface area contributed by atoms with Crippen LogP contribution in [0.4, 0.5) is 0 Å². The maximum atomic E-state index is 2.39. The van der Waals surface area contributed by atoms with E-state index in [1.165, 1.54) is 46.1 Å². The number of rotatable bonds is 9. The normalized spacial score (nSPS) is 11.4. The second kappa shape index (κ2) is 9.18. The summed E-state index contributed by atoms with van der Waals surface area (Å²) in [5.41, 5.74) is 0. The van der Waals surface area contributed by atoms with Crippen molar-refractivity contribution in [3.8, 4) is 0 Å². The topological polar surface area (TPSA) is 19.7 Å². The van der Waals surface area contributed by atoms with E-state index in [0.717, 1.165) is 13.1 Å².